The lowest BCUT2D eigenvalue weighted by molar-refractivity contribution is -0.116. The number of methoxy groups -OCH3 is 1. The molecule has 1 aromatic carbocycles. The summed E-state index contributed by atoms with van der Waals surface area (Å²) in [7, 11) is 1.64. The highest BCUT2D eigenvalue weighted by molar-refractivity contribution is 5.94. The highest BCUT2D eigenvalue weighted by Crippen LogP contribution is 2.41. The van der Waals surface area contributed by atoms with Gasteiger partial charge in [-0.15, -0.1) is 0 Å². The number of fused-ring (bicyclic) bond motifs is 1. The molecule has 3 rings (SSSR count). The Kier molecular flexibility index (Phi) is 5.18. The van der Waals surface area contributed by atoms with Crippen molar-refractivity contribution in [2.45, 2.75) is 52.5 Å². The molecule has 27 heavy (non-hydrogen) atoms. The minimum atomic E-state index is -0.213. The van der Waals surface area contributed by atoms with E-state index in [0.717, 1.165) is 22.7 Å². The van der Waals surface area contributed by atoms with Gasteiger partial charge < -0.3 is 14.8 Å². The van der Waals surface area contributed by atoms with E-state index in [1.54, 1.807) is 7.11 Å². The fourth-order valence-corrected chi connectivity index (χ4v) is 3.30. The molecule has 0 bridgehead atoms. The lowest BCUT2D eigenvalue weighted by atomic mass is 9.87. The Morgan fingerprint density at radius 1 is 1.30 bits per heavy atom. The molecule has 1 amide bonds. The summed E-state index contributed by atoms with van der Waals surface area (Å²) in [4.78, 5) is 12.4. The Labute approximate surface area is 160 Å². The van der Waals surface area contributed by atoms with Gasteiger partial charge in [0, 0.05) is 17.9 Å². The molecule has 0 saturated heterocycles. The fourth-order valence-electron chi connectivity index (χ4n) is 3.30. The Bertz CT molecular complexity index is 834. The van der Waals surface area contributed by atoms with Gasteiger partial charge in [-0.1, -0.05) is 19.9 Å². The van der Waals surface area contributed by atoms with E-state index in [-0.39, 0.29) is 17.4 Å². The fraction of sp³-hybridized carbons (Fsp3) is 0.524. The van der Waals surface area contributed by atoms with E-state index in [0.29, 0.717) is 24.7 Å². The molecule has 1 aromatic heterocycles. The first kappa shape index (κ1) is 19.3. The Balaban J connectivity index is 1.98. The van der Waals surface area contributed by atoms with Gasteiger partial charge in [-0.25, -0.2) is 4.68 Å². The van der Waals surface area contributed by atoms with Gasteiger partial charge in [-0.2, -0.15) is 5.10 Å². The number of carbonyl (C=O) groups excluding carboxylic acids is 1. The van der Waals surface area contributed by atoms with Crippen LogP contribution in [-0.2, 0) is 10.3 Å². The highest BCUT2D eigenvalue weighted by atomic mass is 16.5. The molecule has 0 spiro atoms. The summed E-state index contributed by atoms with van der Waals surface area (Å²) in [5.41, 5.74) is 1.84. The summed E-state index contributed by atoms with van der Waals surface area (Å²) in [6.45, 7) is 11.1. The average Bonchev–Trinajstić information content (AvgIpc) is 3.03. The molecule has 0 fully saturated rings. The van der Waals surface area contributed by atoms with Crippen LogP contribution in [0.25, 0.3) is 0 Å². The highest BCUT2D eigenvalue weighted by Gasteiger charge is 2.33. The lowest BCUT2D eigenvalue weighted by Gasteiger charge is -2.28. The summed E-state index contributed by atoms with van der Waals surface area (Å²) in [5, 5.41) is 7.53. The summed E-state index contributed by atoms with van der Waals surface area (Å²) in [6, 6.07) is 5.91. The van der Waals surface area contributed by atoms with Crippen LogP contribution in [0.2, 0.25) is 0 Å². The van der Waals surface area contributed by atoms with Crippen LogP contribution < -0.4 is 14.8 Å². The zero-order valence-electron chi connectivity index (χ0n) is 17.0. The number of rotatable bonds is 5. The first-order valence-corrected chi connectivity index (χ1v) is 9.39. The van der Waals surface area contributed by atoms with Crippen molar-refractivity contribution < 1.29 is 14.3 Å². The van der Waals surface area contributed by atoms with Gasteiger partial charge in [0.2, 0.25) is 5.91 Å². The largest absolute Gasteiger partial charge is 0.493 e. The molecule has 1 N–H and O–H groups in total. The number of anilines is 1. The maximum absolute atomic E-state index is 12.4. The molecule has 6 nitrogen and oxygen atoms in total. The van der Waals surface area contributed by atoms with E-state index in [4.69, 9.17) is 9.47 Å². The van der Waals surface area contributed by atoms with Gasteiger partial charge in [0.25, 0.3) is 0 Å². The van der Waals surface area contributed by atoms with Gasteiger partial charge in [-0.05, 0) is 44.4 Å². The van der Waals surface area contributed by atoms with Gasteiger partial charge >= 0.3 is 0 Å². The summed E-state index contributed by atoms with van der Waals surface area (Å²) in [6.07, 6.45) is 2.25. The molecule has 0 unspecified atom stereocenters. The quantitative estimate of drug-likeness (QED) is 0.857. The van der Waals surface area contributed by atoms with Gasteiger partial charge in [0.1, 0.15) is 5.82 Å². The summed E-state index contributed by atoms with van der Waals surface area (Å²) >= 11 is 0. The number of nitrogens with zero attached hydrogens (tertiary/aromatic N) is 2. The number of hydrogen-bond acceptors (Lipinski definition) is 4. The summed E-state index contributed by atoms with van der Waals surface area (Å²) in [5.74, 6) is 2.56. The molecule has 1 atom stereocenters. The molecule has 146 valence electrons. The lowest BCUT2D eigenvalue weighted by Crippen LogP contribution is -2.30. The predicted molar refractivity (Wildman–Crippen MR) is 106 cm³/mol. The third-order valence-electron chi connectivity index (χ3n) is 4.62. The molecule has 0 aliphatic carbocycles. The minimum absolute atomic E-state index is 0.00222. The SMILES string of the molecule is COc1cc([C@@H]2CC(=O)Nc3c2cnn3C(C)(C)C)ccc1OCC(C)C. The molecule has 2 aromatic rings. The second kappa shape index (κ2) is 7.25. The van der Waals surface area contributed by atoms with Crippen molar-refractivity contribution in [3.63, 3.8) is 0 Å². The second-order valence-electron chi connectivity index (χ2n) is 8.45. The number of hydrogen-bond donors (Lipinski definition) is 1. The van der Waals surface area contributed by atoms with E-state index in [1.807, 2.05) is 29.1 Å². The molecule has 0 saturated carbocycles. The zero-order valence-corrected chi connectivity index (χ0v) is 17.0. The van der Waals surface area contributed by atoms with E-state index >= 15 is 0 Å². The van der Waals surface area contributed by atoms with Crippen LogP contribution in [0.4, 0.5) is 5.82 Å². The topological polar surface area (TPSA) is 65.4 Å². The first-order valence-electron chi connectivity index (χ1n) is 9.39. The average molecular weight is 371 g/mol. The smallest absolute Gasteiger partial charge is 0.226 e. The Morgan fingerprint density at radius 3 is 2.67 bits per heavy atom. The van der Waals surface area contributed by atoms with E-state index in [9.17, 15) is 4.79 Å². The molecular weight excluding hydrogens is 342 g/mol. The normalized spacial score (nSPS) is 16.9. The van der Waals surface area contributed by atoms with Crippen LogP contribution >= 0.6 is 0 Å². The minimum Gasteiger partial charge on any atom is -0.493 e. The number of aromatic nitrogens is 2. The number of benzene rings is 1. The van der Waals surface area contributed by atoms with E-state index in [2.05, 4.69) is 45.0 Å². The van der Waals surface area contributed by atoms with Crippen molar-refractivity contribution in [2.75, 3.05) is 19.0 Å². The number of ether oxygens (including phenoxy) is 2. The van der Waals surface area contributed by atoms with Crippen LogP contribution in [0.1, 0.15) is 58.1 Å². The monoisotopic (exact) mass is 371 g/mol. The molecule has 1 aliphatic rings. The Morgan fingerprint density at radius 2 is 2.04 bits per heavy atom. The molecular formula is C21H29N3O3. The van der Waals surface area contributed by atoms with Crippen LogP contribution in [0.5, 0.6) is 11.5 Å². The predicted octanol–water partition coefficient (Wildman–Crippen LogP) is 4.16. The van der Waals surface area contributed by atoms with E-state index < -0.39 is 0 Å². The van der Waals surface area contributed by atoms with Crippen molar-refractivity contribution in [3.05, 3.63) is 35.5 Å². The zero-order chi connectivity index (χ0) is 19.8. The summed E-state index contributed by atoms with van der Waals surface area (Å²) < 4.78 is 13.3. The van der Waals surface area contributed by atoms with Gasteiger partial charge in [0.05, 0.1) is 25.5 Å². The van der Waals surface area contributed by atoms with Crippen molar-refractivity contribution >= 4 is 11.7 Å². The number of nitrogens with one attached hydrogen (secondary N) is 1. The first-order chi connectivity index (χ1) is 12.7. The second-order valence-corrected chi connectivity index (χ2v) is 8.45. The maximum atomic E-state index is 12.4. The van der Waals surface area contributed by atoms with Crippen molar-refractivity contribution in [1.82, 2.24) is 9.78 Å². The third kappa shape index (κ3) is 3.94. The Hall–Kier alpha value is -2.50. The van der Waals surface area contributed by atoms with Crippen molar-refractivity contribution in [2.24, 2.45) is 5.92 Å². The maximum Gasteiger partial charge on any atom is 0.226 e. The number of carbonyl (C=O) groups is 1. The van der Waals surface area contributed by atoms with Crippen LogP contribution in [0, 0.1) is 5.92 Å². The molecule has 1 aliphatic heterocycles. The standard InChI is InChI=1S/C21H29N3O3/c1-13(2)12-27-17-8-7-14(9-18(17)26-6)15-10-19(25)23-20-16(15)11-22-24(20)21(3,4)5/h7-9,11,13,15H,10,12H2,1-6H3,(H,23,25)/t15-/m0/s1. The third-order valence-corrected chi connectivity index (χ3v) is 4.62. The van der Waals surface area contributed by atoms with Crippen LogP contribution in [0.3, 0.4) is 0 Å². The van der Waals surface area contributed by atoms with Crippen molar-refractivity contribution in [1.29, 1.82) is 0 Å². The van der Waals surface area contributed by atoms with Crippen LogP contribution in [-0.4, -0.2) is 29.4 Å². The molecule has 2 heterocycles. The van der Waals surface area contributed by atoms with Gasteiger partial charge in [0.15, 0.2) is 11.5 Å². The number of amides is 1. The van der Waals surface area contributed by atoms with E-state index in [1.165, 1.54) is 0 Å². The molecule has 6 heteroatoms. The van der Waals surface area contributed by atoms with Crippen molar-refractivity contribution in [3.8, 4) is 11.5 Å². The van der Waals surface area contributed by atoms with Gasteiger partial charge in [-0.3, -0.25) is 4.79 Å². The molecule has 0 radical (unpaired) electrons. The van der Waals surface area contributed by atoms with Crippen LogP contribution in [0.15, 0.2) is 24.4 Å².